The van der Waals surface area contributed by atoms with Crippen molar-refractivity contribution in [2.75, 3.05) is 12.4 Å². The van der Waals surface area contributed by atoms with Crippen LogP contribution in [0.2, 0.25) is 0 Å². The van der Waals surface area contributed by atoms with Crippen LogP contribution in [0.3, 0.4) is 0 Å². The molecule has 1 rings (SSSR count). The molecule has 0 radical (unpaired) electrons. The van der Waals surface area contributed by atoms with Crippen molar-refractivity contribution < 1.29 is 116 Å². The van der Waals surface area contributed by atoms with E-state index in [0.29, 0.717) is 5.69 Å². The van der Waals surface area contributed by atoms with Crippen LogP contribution in [-0.4, -0.2) is 20.0 Å². The molecule has 66 valence electrons. The van der Waals surface area contributed by atoms with E-state index in [1.807, 2.05) is 0 Å². The van der Waals surface area contributed by atoms with Crippen molar-refractivity contribution in [1.82, 2.24) is 0 Å². The number of hydrogen-bond donors (Lipinski definition) is 1. The zero-order chi connectivity index (χ0) is 9.19. The average Bonchev–Trinajstić information content (AvgIpc) is 2.03. The second-order valence-corrected chi connectivity index (χ2v) is 3.52. The molecule has 1 N–H and O–H groups in total. The van der Waals surface area contributed by atoms with E-state index in [2.05, 4.69) is 11.4 Å². The molecule has 4 nitrogen and oxygen atoms in total. The normalized spacial score (nSPS) is 9.57. The summed E-state index contributed by atoms with van der Waals surface area (Å²) in [6.45, 7) is 0. The summed E-state index contributed by atoms with van der Waals surface area (Å²) in [4.78, 5) is -0.245. The third-order valence-electron chi connectivity index (χ3n) is 1.33. The van der Waals surface area contributed by atoms with Gasteiger partial charge in [0.05, 0.1) is 0 Å². The van der Waals surface area contributed by atoms with Gasteiger partial charge in [-0.3, -0.25) is 0 Å². The Bertz CT molecular complexity index is 380. The molecule has 0 saturated heterocycles. The predicted molar refractivity (Wildman–Crippen MR) is 42.8 cm³/mol. The minimum atomic E-state index is -4.35. The molecule has 0 atom stereocenters. The Labute approximate surface area is 169 Å². The van der Waals surface area contributed by atoms with E-state index in [9.17, 15) is 13.0 Å². The van der Waals surface area contributed by atoms with Gasteiger partial charge in [-0.1, -0.05) is 10.6 Å². The van der Waals surface area contributed by atoms with Crippen LogP contribution in [0.25, 0.3) is 0 Å². The third-order valence-corrected chi connectivity index (χ3v) is 2.16. The van der Waals surface area contributed by atoms with Crippen molar-refractivity contribution in [2.45, 2.75) is 4.90 Å². The fourth-order valence-electron chi connectivity index (χ4n) is 0.745. The van der Waals surface area contributed by atoms with Crippen molar-refractivity contribution >= 4 is 15.8 Å². The second-order valence-electron chi connectivity index (χ2n) is 2.14. The van der Waals surface area contributed by atoms with Gasteiger partial charge in [0.1, 0.15) is 10.1 Å². The molecule has 7 heteroatoms. The number of anilines is 1. The minimum absolute atomic E-state index is 0. The zero-order valence-electron chi connectivity index (χ0n) is 8.37. The molecule has 0 spiro atoms. The average molecular weight is 263 g/mol. The maximum Gasteiger partial charge on any atom is 1.00 e. The summed E-state index contributed by atoms with van der Waals surface area (Å²) in [6.07, 6.45) is 0. The first-order valence-electron chi connectivity index (χ1n) is 3.19. The van der Waals surface area contributed by atoms with Gasteiger partial charge in [0.25, 0.3) is 0 Å². The van der Waals surface area contributed by atoms with Crippen molar-refractivity contribution in [3.05, 3.63) is 24.3 Å². The smallest absolute Gasteiger partial charge is 0.746 e. The van der Waals surface area contributed by atoms with Crippen LogP contribution in [0.1, 0.15) is 0 Å². The molecular formula is C7H7K2NO3S. The summed E-state index contributed by atoms with van der Waals surface area (Å²) >= 11 is 0. The van der Waals surface area contributed by atoms with Crippen LogP contribution < -0.4 is 108 Å². The number of hydrogen-bond acceptors (Lipinski definition) is 4. The molecule has 0 aliphatic heterocycles. The molecule has 1 aromatic rings. The van der Waals surface area contributed by atoms with E-state index >= 15 is 0 Å². The van der Waals surface area contributed by atoms with Crippen LogP contribution in [-0.2, 0) is 10.1 Å². The van der Waals surface area contributed by atoms with E-state index < -0.39 is 10.1 Å². The molecule has 0 aromatic heterocycles. The van der Waals surface area contributed by atoms with E-state index in [-0.39, 0.29) is 108 Å². The number of rotatable bonds is 2. The van der Waals surface area contributed by atoms with Crippen molar-refractivity contribution in [3.63, 3.8) is 0 Å². The summed E-state index contributed by atoms with van der Waals surface area (Å²) < 4.78 is 31.5. The molecule has 0 aliphatic rings. The molecule has 0 aliphatic carbocycles. The fourth-order valence-corrected chi connectivity index (χ4v) is 1.24. The Morgan fingerprint density at radius 1 is 1.43 bits per heavy atom. The maximum absolute atomic E-state index is 10.5. The molecule has 1 aromatic carbocycles. The van der Waals surface area contributed by atoms with E-state index in [1.165, 1.54) is 18.2 Å². The van der Waals surface area contributed by atoms with Gasteiger partial charge < -0.3 is 9.87 Å². The van der Waals surface area contributed by atoms with Crippen LogP contribution in [0.15, 0.2) is 23.1 Å². The summed E-state index contributed by atoms with van der Waals surface area (Å²) in [5.41, 5.74) is 0.479. The van der Waals surface area contributed by atoms with Gasteiger partial charge in [0.15, 0.2) is 0 Å². The molecule has 0 amide bonds. The van der Waals surface area contributed by atoms with Gasteiger partial charge in [-0.15, -0.1) is 6.07 Å². The van der Waals surface area contributed by atoms with Gasteiger partial charge in [-0.25, -0.2) is 8.42 Å². The number of benzene rings is 1. The van der Waals surface area contributed by atoms with Gasteiger partial charge >= 0.3 is 103 Å². The zero-order valence-corrected chi connectivity index (χ0v) is 15.4. The Hall–Kier alpha value is 2.20. The fraction of sp³-hybridized carbons (Fsp3) is 0.143. The van der Waals surface area contributed by atoms with Crippen LogP contribution in [0, 0.1) is 6.07 Å². The number of nitrogens with one attached hydrogen (secondary N) is 1. The Morgan fingerprint density at radius 2 is 2.00 bits per heavy atom. The molecule has 0 unspecified atom stereocenters. The first-order valence-corrected chi connectivity index (χ1v) is 4.60. The largest absolute Gasteiger partial charge is 1.00 e. The maximum atomic E-state index is 10.5. The van der Waals surface area contributed by atoms with Gasteiger partial charge in [0, 0.05) is 7.05 Å². The quantitative estimate of drug-likeness (QED) is 0.328. The Balaban J connectivity index is 0. The van der Waals surface area contributed by atoms with Crippen LogP contribution in [0.5, 0.6) is 0 Å². The first kappa shape index (κ1) is 18.6. The summed E-state index contributed by atoms with van der Waals surface area (Å²) in [6, 6.07) is 6.55. The molecule has 0 fully saturated rings. The van der Waals surface area contributed by atoms with E-state index in [1.54, 1.807) is 7.05 Å². The third kappa shape index (κ3) is 6.07. The molecule has 0 heterocycles. The topological polar surface area (TPSA) is 69.2 Å². The summed E-state index contributed by atoms with van der Waals surface area (Å²) in [5, 5.41) is 2.68. The van der Waals surface area contributed by atoms with Gasteiger partial charge in [-0.2, -0.15) is 18.2 Å². The predicted octanol–water partition coefficient (Wildman–Crippen LogP) is -5.56. The first-order chi connectivity index (χ1) is 5.54. The molecule has 14 heavy (non-hydrogen) atoms. The monoisotopic (exact) mass is 263 g/mol. The molecule has 0 bridgehead atoms. The second kappa shape index (κ2) is 8.32. The molecule has 0 saturated carbocycles. The van der Waals surface area contributed by atoms with Crippen LogP contribution >= 0.6 is 0 Å². The van der Waals surface area contributed by atoms with E-state index in [0.717, 1.165) is 0 Å². The summed E-state index contributed by atoms with van der Waals surface area (Å²) in [5.74, 6) is 0. The Kier molecular flexibility index (Phi) is 11.0. The van der Waals surface area contributed by atoms with Gasteiger partial charge in [-0.05, 0) is 0 Å². The minimum Gasteiger partial charge on any atom is -0.746 e. The standard InChI is InChI=1S/C7H8NO3S.2K/c1-8-6-3-2-4-7(5-6)12(9,10)11;;/h2,4-5,8H,1H3,(H,9,10,11);;/q-1;2*+1/p-1. The van der Waals surface area contributed by atoms with Gasteiger partial charge in [0.2, 0.25) is 0 Å². The Morgan fingerprint density at radius 3 is 2.43 bits per heavy atom. The van der Waals surface area contributed by atoms with Crippen molar-refractivity contribution in [1.29, 1.82) is 0 Å². The van der Waals surface area contributed by atoms with Crippen LogP contribution in [0.4, 0.5) is 5.69 Å². The van der Waals surface area contributed by atoms with E-state index in [4.69, 9.17) is 0 Å². The molecular weight excluding hydrogens is 256 g/mol. The van der Waals surface area contributed by atoms with Crippen molar-refractivity contribution in [2.24, 2.45) is 0 Å². The SMILES string of the molecule is CNc1[c-]ccc(S(=O)(=O)[O-])c1.[K+].[K+]. The van der Waals surface area contributed by atoms with Crippen molar-refractivity contribution in [3.8, 4) is 0 Å². The summed E-state index contributed by atoms with van der Waals surface area (Å²) in [7, 11) is -2.73.